The zero-order valence-corrected chi connectivity index (χ0v) is 13.9. The highest BCUT2D eigenvalue weighted by atomic mass is 16.5. The molecule has 0 aliphatic carbocycles. The van der Waals surface area contributed by atoms with Gasteiger partial charge >= 0.3 is 0 Å². The minimum atomic E-state index is -0.0262. The minimum Gasteiger partial charge on any atom is -0.489 e. The van der Waals surface area contributed by atoms with Crippen LogP contribution in [-0.2, 0) is 11.4 Å². The predicted molar refractivity (Wildman–Crippen MR) is 92.4 cm³/mol. The minimum absolute atomic E-state index is 0.0141. The Labute approximate surface area is 137 Å². The summed E-state index contributed by atoms with van der Waals surface area (Å²) >= 11 is 0. The summed E-state index contributed by atoms with van der Waals surface area (Å²) in [5.74, 6) is 0.809. The molecule has 0 heterocycles. The molecule has 2 aromatic carbocycles. The number of amides is 1. The van der Waals surface area contributed by atoms with Crippen molar-refractivity contribution in [2.45, 2.75) is 26.5 Å². The van der Waals surface area contributed by atoms with Gasteiger partial charge in [-0.1, -0.05) is 42.0 Å². The molecule has 2 N–H and O–H groups in total. The second-order valence-corrected chi connectivity index (χ2v) is 5.67. The summed E-state index contributed by atoms with van der Waals surface area (Å²) in [4.78, 5) is 11.6. The van der Waals surface area contributed by atoms with Crippen LogP contribution in [0.25, 0.3) is 0 Å². The highest BCUT2D eigenvalue weighted by Crippen LogP contribution is 2.18. The molecule has 23 heavy (non-hydrogen) atoms. The second-order valence-electron chi connectivity index (χ2n) is 5.67. The number of rotatable bonds is 7. The first-order chi connectivity index (χ1) is 11.1. The van der Waals surface area contributed by atoms with Gasteiger partial charge in [0.1, 0.15) is 12.4 Å². The zero-order chi connectivity index (χ0) is 16.7. The van der Waals surface area contributed by atoms with E-state index >= 15 is 0 Å². The number of hydrogen-bond acceptors (Lipinski definition) is 3. The maximum absolute atomic E-state index is 11.6. The van der Waals surface area contributed by atoms with Gasteiger partial charge in [0.15, 0.2) is 0 Å². The topological polar surface area (TPSA) is 50.4 Å². The summed E-state index contributed by atoms with van der Waals surface area (Å²) in [6, 6.07) is 16.1. The SMILES string of the molecule is CNCC(=O)NC(C)c1ccc(OCc2cccc(C)c2)cc1. The van der Waals surface area contributed by atoms with Crippen molar-refractivity contribution in [1.29, 1.82) is 0 Å². The molecule has 4 heteroatoms. The fourth-order valence-corrected chi connectivity index (χ4v) is 2.36. The van der Waals surface area contributed by atoms with Crippen LogP contribution in [0, 0.1) is 6.92 Å². The number of benzene rings is 2. The van der Waals surface area contributed by atoms with Gasteiger partial charge in [0.2, 0.25) is 5.91 Å². The molecule has 0 bridgehead atoms. The van der Waals surface area contributed by atoms with Crippen LogP contribution in [0.5, 0.6) is 5.75 Å². The molecule has 0 aromatic heterocycles. The Balaban J connectivity index is 1.90. The van der Waals surface area contributed by atoms with Crippen LogP contribution in [-0.4, -0.2) is 19.5 Å². The smallest absolute Gasteiger partial charge is 0.234 e. The monoisotopic (exact) mass is 312 g/mol. The summed E-state index contributed by atoms with van der Waals surface area (Å²) in [5.41, 5.74) is 3.44. The van der Waals surface area contributed by atoms with Crippen LogP contribution in [0.15, 0.2) is 48.5 Å². The van der Waals surface area contributed by atoms with E-state index in [-0.39, 0.29) is 11.9 Å². The molecule has 2 aromatic rings. The summed E-state index contributed by atoms with van der Waals surface area (Å²) in [5, 5.41) is 5.78. The standard InChI is InChI=1S/C19H24N2O2/c1-14-5-4-6-16(11-14)13-23-18-9-7-17(8-10-18)15(2)21-19(22)12-20-3/h4-11,15,20H,12-13H2,1-3H3,(H,21,22). The van der Waals surface area contributed by atoms with Gasteiger partial charge < -0.3 is 15.4 Å². The molecule has 0 saturated heterocycles. The van der Waals surface area contributed by atoms with E-state index in [2.05, 4.69) is 35.8 Å². The van der Waals surface area contributed by atoms with Gasteiger partial charge in [-0.2, -0.15) is 0 Å². The lowest BCUT2D eigenvalue weighted by molar-refractivity contribution is -0.120. The lowest BCUT2D eigenvalue weighted by Crippen LogP contribution is -2.33. The third-order valence-corrected chi connectivity index (χ3v) is 3.58. The molecule has 1 amide bonds. The fourth-order valence-electron chi connectivity index (χ4n) is 2.36. The number of ether oxygens (including phenoxy) is 1. The van der Waals surface area contributed by atoms with Crippen LogP contribution in [0.1, 0.15) is 29.7 Å². The van der Waals surface area contributed by atoms with Crippen molar-refractivity contribution in [3.05, 3.63) is 65.2 Å². The van der Waals surface area contributed by atoms with Crippen molar-refractivity contribution < 1.29 is 9.53 Å². The molecule has 0 aliphatic rings. The van der Waals surface area contributed by atoms with Crippen molar-refractivity contribution in [2.24, 2.45) is 0 Å². The van der Waals surface area contributed by atoms with Crippen molar-refractivity contribution in [1.82, 2.24) is 10.6 Å². The van der Waals surface area contributed by atoms with E-state index in [1.165, 1.54) is 5.56 Å². The van der Waals surface area contributed by atoms with Crippen LogP contribution in [0.3, 0.4) is 0 Å². The number of carbonyl (C=O) groups is 1. The highest BCUT2D eigenvalue weighted by Gasteiger charge is 2.08. The van der Waals surface area contributed by atoms with Gasteiger partial charge in [-0.25, -0.2) is 0 Å². The van der Waals surface area contributed by atoms with E-state index in [1.54, 1.807) is 7.05 Å². The van der Waals surface area contributed by atoms with Crippen molar-refractivity contribution >= 4 is 5.91 Å². The largest absolute Gasteiger partial charge is 0.489 e. The van der Waals surface area contributed by atoms with Gasteiger partial charge in [-0.3, -0.25) is 4.79 Å². The number of hydrogen-bond donors (Lipinski definition) is 2. The van der Waals surface area contributed by atoms with Crippen molar-refractivity contribution in [3.8, 4) is 5.75 Å². The number of likely N-dealkylation sites (N-methyl/N-ethyl adjacent to an activating group) is 1. The molecular weight excluding hydrogens is 288 g/mol. The van der Waals surface area contributed by atoms with E-state index in [0.717, 1.165) is 16.9 Å². The number of nitrogens with one attached hydrogen (secondary N) is 2. The Hall–Kier alpha value is -2.33. The van der Waals surface area contributed by atoms with Crippen LogP contribution >= 0.6 is 0 Å². The van der Waals surface area contributed by atoms with E-state index in [0.29, 0.717) is 13.2 Å². The molecule has 0 radical (unpaired) electrons. The van der Waals surface area contributed by atoms with Crippen LogP contribution in [0.2, 0.25) is 0 Å². The maximum atomic E-state index is 11.6. The van der Waals surface area contributed by atoms with Gasteiger partial charge in [-0.15, -0.1) is 0 Å². The third-order valence-electron chi connectivity index (χ3n) is 3.58. The van der Waals surface area contributed by atoms with Gasteiger partial charge in [-0.05, 0) is 44.2 Å². The van der Waals surface area contributed by atoms with E-state index < -0.39 is 0 Å². The average Bonchev–Trinajstić information content (AvgIpc) is 2.53. The lowest BCUT2D eigenvalue weighted by atomic mass is 10.1. The third kappa shape index (κ3) is 5.42. The Morgan fingerprint density at radius 3 is 2.57 bits per heavy atom. The first kappa shape index (κ1) is 17.0. The van der Waals surface area contributed by atoms with Gasteiger partial charge in [0.25, 0.3) is 0 Å². The molecule has 2 rings (SSSR count). The van der Waals surface area contributed by atoms with E-state index in [4.69, 9.17) is 4.74 Å². The lowest BCUT2D eigenvalue weighted by Gasteiger charge is -2.15. The van der Waals surface area contributed by atoms with Gasteiger partial charge in [0.05, 0.1) is 12.6 Å². The van der Waals surface area contributed by atoms with Crippen LogP contribution in [0.4, 0.5) is 0 Å². The molecule has 0 fully saturated rings. The number of carbonyl (C=O) groups excluding carboxylic acids is 1. The Bertz CT molecular complexity index is 638. The molecule has 0 saturated carbocycles. The summed E-state index contributed by atoms with van der Waals surface area (Å²) < 4.78 is 5.80. The molecule has 4 nitrogen and oxygen atoms in total. The van der Waals surface area contributed by atoms with Crippen molar-refractivity contribution in [3.63, 3.8) is 0 Å². The maximum Gasteiger partial charge on any atom is 0.234 e. The Morgan fingerprint density at radius 1 is 1.17 bits per heavy atom. The Kier molecular flexibility index (Phi) is 6.18. The van der Waals surface area contributed by atoms with Crippen LogP contribution < -0.4 is 15.4 Å². The molecule has 0 spiro atoms. The van der Waals surface area contributed by atoms with E-state index in [1.807, 2.05) is 37.3 Å². The molecule has 1 atom stereocenters. The fraction of sp³-hybridized carbons (Fsp3) is 0.316. The quantitative estimate of drug-likeness (QED) is 0.826. The molecule has 1 unspecified atom stereocenters. The zero-order valence-electron chi connectivity index (χ0n) is 13.9. The second kappa shape index (κ2) is 8.34. The van der Waals surface area contributed by atoms with Gasteiger partial charge in [0, 0.05) is 0 Å². The summed E-state index contributed by atoms with van der Waals surface area (Å²) in [7, 11) is 1.75. The summed E-state index contributed by atoms with van der Waals surface area (Å²) in [6.45, 7) is 4.91. The Morgan fingerprint density at radius 2 is 1.91 bits per heavy atom. The summed E-state index contributed by atoms with van der Waals surface area (Å²) in [6.07, 6.45) is 0. The highest BCUT2D eigenvalue weighted by molar-refractivity contribution is 5.78. The average molecular weight is 312 g/mol. The predicted octanol–water partition coefficient (Wildman–Crippen LogP) is 2.97. The van der Waals surface area contributed by atoms with Crippen molar-refractivity contribution in [2.75, 3.05) is 13.6 Å². The first-order valence-electron chi connectivity index (χ1n) is 7.81. The molecule has 0 aliphatic heterocycles. The normalized spacial score (nSPS) is 11.8. The molecule has 122 valence electrons. The molecular formula is C19H24N2O2. The first-order valence-corrected chi connectivity index (χ1v) is 7.81. The van der Waals surface area contributed by atoms with E-state index in [9.17, 15) is 4.79 Å². The number of aryl methyl sites for hydroxylation is 1.